The predicted octanol–water partition coefficient (Wildman–Crippen LogP) is 1.40. The fourth-order valence-electron chi connectivity index (χ4n) is 3.40. The summed E-state index contributed by atoms with van der Waals surface area (Å²) in [5.74, 6) is -1.89. The number of nitrogens with one attached hydrogen (secondary N) is 3. The SMILES string of the molecule is O=NC1=C(C(=O)NC2=CC=C(C(F)(F)F)CC2)C(=O)NC2CNCCC12. The zero-order chi connectivity index (χ0) is 18.9. The maximum absolute atomic E-state index is 12.6. The molecule has 140 valence electrons. The molecule has 0 aromatic heterocycles. The number of rotatable bonds is 3. The molecule has 2 heterocycles. The molecule has 26 heavy (non-hydrogen) atoms. The third-order valence-electron chi connectivity index (χ3n) is 4.75. The highest BCUT2D eigenvalue weighted by atomic mass is 19.4. The van der Waals surface area contributed by atoms with Gasteiger partial charge in [0.25, 0.3) is 11.8 Å². The molecule has 2 aliphatic heterocycles. The van der Waals surface area contributed by atoms with Gasteiger partial charge in [0.05, 0.1) is 6.04 Å². The van der Waals surface area contributed by atoms with Gasteiger partial charge in [0.2, 0.25) is 0 Å². The molecule has 2 unspecified atom stereocenters. The Hall–Kier alpha value is -2.49. The van der Waals surface area contributed by atoms with Crippen molar-refractivity contribution >= 4 is 11.8 Å². The number of alkyl halides is 3. The fourth-order valence-corrected chi connectivity index (χ4v) is 3.40. The van der Waals surface area contributed by atoms with Crippen molar-refractivity contribution in [2.45, 2.75) is 31.5 Å². The highest BCUT2D eigenvalue weighted by molar-refractivity contribution is 6.20. The summed E-state index contributed by atoms with van der Waals surface area (Å²) in [4.78, 5) is 36.0. The number of hydrogen-bond donors (Lipinski definition) is 3. The minimum atomic E-state index is -4.41. The summed E-state index contributed by atoms with van der Waals surface area (Å²) < 4.78 is 37.9. The van der Waals surface area contributed by atoms with Crippen LogP contribution in [0.15, 0.2) is 39.9 Å². The molecule has 0 radical (unpaired) electrons. The van der Waals surface area contributed by atoms with Crippen LogP contribution in [0.3, 0.4) is 0 Å². The Kier molecular flexibility index (Phi) is 4.94. The lowest BCUT2D eigenvalue weighted by Crippen LogP contribution is -2.56. The quantitative estimate of drug-likeness (QED) is 0.516. The van der Waals surface area contributed by atoms with Crippen molar-refractivity contribution in [2.75, 3.05) is 13.1 Å². The van der Waals surface area contributed by atoms with Crippen molar-refractivity contribution in [1.29, 1.82) is 0 Å². The highest BCUT2D eigenvalue weighted by Gasteiger charge is 2.41. The van der Waals surface area contributed by atoms with E-state index in [1.54, 1.807) is 0 Å². The predicted molar refractivity (Wildman–Crippen MR) is 85.3 cm³/mol. The van der Waals surface area contributed by atoms with Gasteiger partial charge in [-0.25, -0.2) is 0 Å². The molecule has 7 nitrogen and oxygen atoms in total. The average Bonchev–Trinajstić information content (AvgIpc) is 2.60. The lowest BCUT2D eigenvalue weighted by atomic mass is 9.84. The molecule has 0 aromatic rings. The molecule has 2 amide bonds. The number of halogens is 3. The van der Waals surface area contributed by atoms with Gasteiger partial charge < -0.3 is 16.0 Å². The van der Waals surface area contributed by atoms with E-state index >= 15 is 0 Å². The van der Waals surface area contributed by atoms with Gasteiger partial charge in [-0.05, 0) is 37.1 Å². The van der Waals surface area contributed by atoms with Crippen LogP contribution in [-0.2, 0) is 9.59 Å². The number of amides is 2. The van der Waals surface area contributed by atoms with Crippen LogP contribution in [0.2, 0.25) is 0 Å². The van der Waals surface area contributed by atoms with Gasteiger partial charge in [0.1, 0.15) is 11.3 Å². The van der Waals surface area contributed by atoms with Gasteiger partial charge in [0, 0.05) is 23.7 Å². The van der Waals surface area contributed by atoms with Crippen LogP contribution in [-0.4, -0.2) is 37.1 Å². The van der Waals surface area contributed by atoms with E-state index in [0.717, 1.165) is 12.2 Å². The van der Waals surface area contributed by atoms with Gasteiger partial charge in [0.15, 0.2) is 0 Å². The molecular formula is C16H17F3N4O3. The second kappa shape index (κ2) is 7.02. The van der Waals surface area contributed by atoms with Crippen LogP contribution in [0.5, 0.6) is 0 Å². The zero-order valence-electron chi connectivity index (χ0n) is 13.7. The van der Waals surface area contributed by atoms with Crippen molar-refractivity contribution in [3.63, 3.8) is 0 Å². The number of nitrogens with zero attached hydrogens (tertiary/aromatic N) is 1. The maximum Gasteiger partial charge on any atom is 0.412 e. The number of hydrogen-bond acceptors (Lipinski definition) is 5. The summed E-state index contributed by atoms with van der Waals surface area (Å²) >= 11 is 0. The van der Waals surface area contributed by atoms with Crippen LogP contribution in [0.1, 0.15) is 19.3 Å². The molecule has 0 bridgehead atoms. The molecule has 0 aromatic carbocycles. The Balaban J connectivity index is 1.81. The third-order valence-corrected chi connectivity index (χ3v) is 4.75. The van der Waals surface area contributed by atoms with Gasteiger partial charge >= 0.3 is 6.18 Å². The molecule has 0 saturated carbocycles. The summed E-state index contributed by atoms with van der Waals surface area (Å²) in [7, 11) is 0. The first-order valence-electron chi connectivity index (χ1n) is 8.18. The minimum absolute atomic E-state index is 0.0220. The topological polar surface area (TPSA) is 99.7 Å². The van der Waals surface area contributed by atoms with E-state index in [4.69, 9.17) is 0 Å². The summed E-state index contributed by atoms with van der Waals surface area (Å²) in [6.45, 7) is 1.10. The number of allylic oxidation sites excluding steroid dienone is 4. The minimum Gasteiger partial charge on any atom is -0.347 e. The molecule has 1 aliphatic carbocycles. The normalized spacial score (nSPS) is 26.3. The van der Waals surface area contributed by atoms with Crippen LogP contribution in [0.4, 0.5) is 13.2 Å². The third kappa shape index (κ3) is 3.55. The van der Waals surface area contributed by atoms with Crippen LogP contribution in [0, 0.1) is 10.8 Å². The summed E-state index contributed by atoms with van der Waals surface area (Å²) in [6, 6.07) is -0.313. The Morgan fingerprint density at radius 3 is 2.65 bits per heavy atom. The first kappa shape index (κ1) is 18.3. The van der Waals surface area contributed by atoms with Gasteiger partial charge in [-0.1, -0.05) is 6.08 Å². The Bertz CT molecular complexity index is 740. The number of nitroso groups, excluding NO2 is 1. The lowest BCUT2D eigenvalue weighted by Gasteiger charge is -2.36. The monoisotopic (exact) mass is 370 g/mol. The number of piperidine rings is 1. The van der Waals surface area contributed by atoms with E-state index in [1.165, 1.54) is 0 Å². The zero-order valence-corrected chi connectivity index (χ0v) is 13.7. The smallest absolute Gasteiger partial charge is 0.347 e. The second-order valence-corrected chi connectivity index (χ2v) is 6.37. The van der Waals surface area contributed by atoms with Crippen LogP contribution >= 0.6 is 0 Å². The Labute approximate surface area is 146 Å². The summed E-state index contributed by atoms with van der Waals surface area (Å²) in [5.41, 5.74) is -0.894. The number of fused-ring (bicyclic) bond motifs is 1. The van der Waals surface area contributed by atoms with Crippen molar-refractivity contribution in [1.82, 2.24) is 16.0 Å². The average molecular weight is 370 g/mol. The van der Waals surface area contributed by atoms with Crippen molar-refractivity contribution in [2.24, 2.45) is 11.1 Å². The molecule has 3 aliphatic rings. The molecule has 2 atom stereocenters. The van der Waals surface area contributed by atoms with E-state index in [9.17, 15) is 27.7 Å². The largest absolute Gasteiger partial charge is 0.412 e. The maximum atomic E-state index is 12.6. The second-order valence-electron chi connectivity index (χ2n) is 6.37. The summed E-state index contributed by atoms with van der Waals surface area (Å²) in [5, 5.41) is 11.1. The Morgan fingerprint density at radius 1 is 1.27 bits per heavy atom. The van der Waals surface area contributed by atoms with Crippen LogP contribution < -0.4 is 16.0 Å². The number of carbonyl (C=O) groups excluding carboxylic acids is 2. The van der Waals surface area contributed by atoms with Gasteiger partial charge in [-0.2, -0.15) is 13.2 Å². The fraction of sp³-hybridized carbons (Fsp3) is 0.500. The van der Waals surface area contributed by atoms with Gasteiger partial charge in [-0.15, -0.1) is 4.91 Å². The van der Waals surface area contributed by atoms with Crippen molar-refractivity contribution < 1.29 is 22.8 Å². The number of carbonyl (C=O) groups is 2. The van der Waals surface area contributed by atoms with E-state index in [1.807, 2.05) is 0 Å². The van der Waals surface area contributed by atoms with E-state index in [0.29, 0.717) is 19.5 Å². The van der Waals surface area contributed by atoms with Crippen LogP contribution in [0.25, 0.3) is 0 Å². The first-order chi connectivity index (χ1) is 12.3. The molecule has 1 saturated heterocycles. The molecule has 0 spiro atoms. The van der Waals surface area contributed by atoms with Crippen molar-refractivity contribution in [3.05, 3.63) is 39.6 Å². The highest BCUT2D eigenvalue weighted by Crippen LogP contribution is 2.33. The summed E-state index contributed by atoms with van der Waals surface area (Å²) in [6.07, 6.45) is -2.09. The van der Waals surface area contributed by atoms with E-state index < -0.39 is 23.6 Å². The molecule has 3 rings (SSSR count). The molecule has 3 N–H and O–H groups in total. The van der Waals surface area contributed by atoms with E-state index in [2.05, 4.69) is 21.1 Å². The lowest BCUT2D eigenvalue weighted by molar-refractivity contribution is -0.124. The first-order valence-corrected chi connectivity index (χ1v) is 8.18. The standard InChI is InChI=1S/C16H17F3N4O3/c17-16(18,19)8-1-3-9(4-2-8)21-14(24)12-13(23-26)10-5-6-20-7-11(10)22-15(12)25/h1,3,10-11,20H,2,4-7H2,(H,21,24)(H,22,25). The molecule has 10 heteroatoms. The van der Waals surface area contributed by atoms with Gasteiger partial charge in [-0.3, -0.25) is 9.59 Å². The van der Waals surface area contributed by atoms with Crippen molar-refractivity contribution in [3.8, 4) is 0 Å². The molecular weight excluding hydrogens is 353 g/mol. The van der Waals surface area contributed by atoms with E-state index in [-0.39, 0.29) is 41.8 Å². The Morgan fingerprint density at radius 2 is 2.04 bits per heavy atom. The molecule has 1 fully saturated rings.